The van der Waals surface area contributed by atoms with Crippen LogP contribution in [0.4, 0.5) is 5.69 Å². The molecule has 0 bridgehead atoms. The van der Waals surface area contributed by atoms with E-state index in [1.165, 1.54) is 0 Å². The van der Waals surface area contributed by atoms with E-state index < -0.39 is 0 Å². The van der Waals surface area contributed by atoms with Crippen molar-refractivity contribution in [3.05, 3.63) is 24.5 Å². The summed E-state index contributed by atoms with van der Waals surface area (Å²) in [6.07, 6.45) is 3.56. The van der Waals surface area contributed by atoms with Crippen LogP contribution in [0.3, 0.4) is 0 Å². The quantitative estimate of drug-likeness (QED) is 0.894. The van der Waals surface area contributed by atoms with Crippen LogP contribution in [0.2, 0.25) is 0 Å². The maximum atomic E-state index is 12.1. The van der Waals surface area contributed by atoms with E-state index in [9.17, 15) is 9.59 Å². The molecule has 2 amide bonds. The van der Waals surface area contributed by atoms with Gasteiger partial charge in [0.25, 0.3) is 0 Å². The molecule has 1 aliphatic heterocycles. The Kier molecular flexibility index (Phi) is 4.14. The third kappa shape index (κ3) is 3.53. The Hall–Kier alpha value is -1.91. The van der Waals surface area contributed by atoms with Crippen LogP contribution in [0, 0.1) is 11.8 Å². The molecule has 1 fully saturated rings. The summed E-state index contributed by atoms with van der Waals surface area (Å²) in [6, 6.07) is 3.47. The zero-order chi connectivity index (χ0) is 13.8. The van der Waals surface area contributed by atoms with Crippen LogP contribution in [0.1, 0.15) is 20.3 Å². The van der Waals surface area contributed by atoms with Crippen molar-refractivity contribution in [1.29, 1.82) is 0 Å². The molecule has 5 nitrogen and oxygen atoms in total. The van der Waals surface area contributed by atoms with Gasteiger partial charge in [-0.15, -0.1) is 0 Å². The maximum Gasteiger partial charge on any atom is 0.229 e. The molecule has 102 valence electrons. The molecule has 5 heteroatoms. The summed E-state index contributed by atoms with van der Waals surface area (Å²) in [5.74, 6) is 0.153. The van der Waals surface area contributed by atoms with Crippen LogP contribution in [-0.4, -0.2) is 34.8 Å². The number of hydrogen-bond acceptors (Lipinski definition) is 3. The Balaban J connectivity index is 1.93. The summed E-state index contributed by atoms with van der Waals surface area (Å²) in [4.78, 5) is 29.6. The molecule has 0 aliphatic carbocycles. The highest BCUT2D eigenvalue weighted by Crippen LogP contribution is 2.20. The highest BCUT2D eigenvalue weighted by Gasteiger charge is 2.34. The average molecular weight is 261 g/mol. The third-order valence-corrected chi connectivity index (χ3v) is 3.12. The topological polar surface area (TPSA) is 62.3 Å². The number of anilines is 1. The van der Waals surface area contributed by atoms with E-state index in [0.29, 0.717) is 18.9 Å². The minimum Gasteiger partial charge on any atom is -0.342 e. The molecule has 0 spiro atoms. The van der Waals surface area contributed by atoms with Crippen LogP contribution in [0.15, 0.2) is 24.5 Å². The van der Waals surface area contributed by atoms with Gasteiger partial charge in [0.2, 0.25) is 11.8 Å². The first-order valence-corrected chi connectivity index (χ1v) is 6.55. The molecule has 1 aliphatic rings. The molecule has 1 aromatic rings. The van der Waals surface area contributed by atoms with Crippen molar-refractivity contribution in [3.8, 4) is 0 Å². The fourth-order valence-corrected chi connectivity index (χ4v) is 2.24. The predicted molar refractivity (Wildman–Crippen MR) is 72.4 cm³/mol. The molecule has 1 atom stereocenters. The number of carbonyl (C=O) groups is 2. The van der Waals surface area contributed by atoms with Crippen molar-refractivity contribution < 1.29 is 9.59 Å². The summed E-state index contributed by atoms with van der Waals surface area (Å²) < 4.78 is 0. The lowest BCUT2D eigenvalue weighted by atomic mass is 10.1. The van der Waals surface area contributed by atoms with E-state index >= 15 is 0 Å². The zero-order valence-electron chi connectivity index (χ0n) is 11.3. The van der Waals surface area contributed by atoms with Crippen molar-refractivity contribution in [1.82, 2.24) is 9.88 Å². The second-order valence-electron chi connectivity index (χ2n) is 5.32. The molecule has 1 saturated heterocycles. The van der Waals surface area contributed by atoms with Crippen LogP contribution in [0.5, 0.6) is 0 Å². The summed E-state index contributed by atoms with van der Waals surface area (Å²) in [5.41, 5.74) is 0.717. The van der Waals surface area contributed by atoms with E-state index in [0.717, 1.165) is 12.2 Å². The van der Waals surface area contributed by atoms with Crippen LogP contribution < -0.4 is 5.32 Å². The molecule has 0 aromatic carbocycles. The van der Waals surface area contributed by atoms with Crippen molar-refractivity contribution in [3.63, 3.8) is 0 Å². The fraction of sp³-hybridized carbons (Fsp3) is 0.500. The number of nitrogens with zero attached hydrogens (tertiary/aromatic N) is 2. The number of carbonyl (C=O) groups excluding carboxylic acids is 2. The fourth-order valence-electron chi connectivity index (χ4n) is 2.24. The molecule has 1 aromatic heterocycles. The molecular weight excluding hydrogens is 242 g/mol. The summed E-state index contributed by atoms with van der Waals surface area (Å²) in [7, 11) is 0. The Labute approximate surface area is 113 Å². The van der Waals surface area contributed by atoms with E-state index in [1.807, 2.05) is 0 Å². The Morgan fingerprint density at radius 3 is 2.79 bits per heavy atom. The number of nitrogens with one attached hydrogen (secondary N) is 1. The largest absolute Gasteiger partial charge is 0.342 e. The first-order valence-electron chi connectivity index (χ1n) is 6.55. The first kappa shape index (κ1) is 13.5. The number of hydrogen-bond donors (Lipinski definition) is 1. The summed E-state index contributed by atoms with van der Waals surface area (Å²) in [6.45, 7) is 5.38. The molecule has 2 heterocycles. The number of pyridine rings is 1. The summed E-state index contributed by atoms with van der Waals surface area (Å²) >= 11 is 0. The van der Waals surface area contributed by atoms with Gasteiger partial charge in [-0.25, -0.2) is 0 Å². The molecular formula is C14H19N3O2. The molecule has 1 N–H and O–H groups in total. The van der Waals surface area contributed by atoms with E-state index in [2.05, 4.69) is 24.1 Å². The first-order chi connectivity index (χ1) is 9.06. The second-order valence-corrected chi connectivity index (χ2v) is 5.32. The predicted octanol–water partition coefficient (Wildman–Crippen LogP) is 1.52. The lowest BCUT2D eigenvalue weighted by Gasteiger charge is -2.18. The summed E-state index contributed by atoms with van der Waals surface area (Å²) in [5, 5.41) is 2.82. The SMILES string of the molecule is CC(C)CN1CC(C(=O)Nc2ccncc2)CC1=O. The minimum atomic E-state index is -0.251. The minimum absolute atomic E-state index is 0.0728. The molecule has 0 radical (unpaired) electrons. The van der Waals surface area contributed by atoms with Crippen LogP contribution >= 0.6 is 0 Å². The third-order valence-electron chi connectivity index (χ3n) is 3.12. The van der Waals surface area contributed by atoms with Gasteiger partial charge in [-0.1, -0.05) is 13.8 Å². The molecule has 19 heavy (non-hydrogen) atoms. The van der Waals surface area contributed by atoms with Crippen molar-refractivity contribution in [2.24, 2.45) is 11.8 Å². The number of aromatic nitrogens is 1. The van der Waals surface area contributed by atoms with Gasteiger partial charge in [-0.2, -0.15) is 0 Å². The lowest BCUT2D eigenvalue weighted by molar-refractivity contribution is -0.128. The van der Waals surface area contributed by atoms with Gasteiger partial charge in [0.15, 0.2) is 0 Å². The highest BCUT2D eigenvalue weighted by molar-refractivity contribution is 5.97. The number of amides is 2. The molecule has 2 rings (SSSR count). The number of likely N-dealkylation sites (tertiary alicyclic amines) is 1. The van der Waals surface area contributed by atoms with Gasteiger partial charge in [-0.05, 0) is 18.1 Å². The molecule has 0 saturated carbocycles. The van der Waals surface area contributed by atoms with Gasteiger partial charge in [0.1, 0.15) is 0 Å². The van der Waals surface area contributed by atoms with Crippen molar-refractivity contribution in [2.45, 2.75) is 20.3 Å². The van der Waals surface area contributed by atoms with Gasteiger partial charge >= 0.3 is 0 Å². The zero-order valence-corrected chi connectivity index (χ0v) is 11.3. The van der Waals surface area contributed by atoms with Crippen LogP contribution in [0.25, 0.3) is 0 Å². The lowest BCUT2D eigenvalue weighted by Crippen LogP contribution is -2.31. The smallest absolute Gasteiger partial charge is 0.229 e. The normalized spacial score (nSPS) is 19.0. The van der Waals surface area contributed by atoms with E-state index in [-0.39, 0.29) is 17.7 Å². The highest BCUT2D eigenvalue weighted by atomic mass is 16.2. The molecule has 1 unspecified atom stereocenters. The van der Waals surface area contributed by atoms with Gasteiger partial charge < -0.3 is 10.2 Å². The maximum absolute atomic E-state index is 12.1. The van der Waals surface area contributed by atoms with E-state index in [1.54, 1.807) is 29.4 Å². The van der Waals surface area contributed by atoms with Crippen molar-refractivity contribution >= 4 is 17.5 Å². The van der Waals surface area contributed by atoms with Crippen molar-refractivity contribution in [2.75, 3.05) is 18.4 Å². The monoisotopic (exact) mass is 261 g/mol. The van der Waals surface area contributed by atoms with Gasteiger partial charge in [0.05, 0.1) is 5.92 Å². The van der Waals surface area contributed by atoms with Gasteiger partial charge in [-0.3, -0.25) is 14.6 Å². The number of rotatable bonds is 4. The average Bonchev–Trinajstić information content (AvgIpc) is 2.71. The van der Waals surface area contributed by atoms with E-state index in [4.69, 9.17) is 0 Å². The Bertz CT molecular complexity index is 459. The Morgan fingerprint density at radius 2 is 2.16 bits per heavy atom. The van der Waals surface area contributed by atoms with Gasteiger partial charge in [0, 0.05) is 37.6 Å². The Morgan fingerprint density at radius 1 is 1.47 bits per heavy atom. The second kappa shape index (κ2) is 5.82. The standard InChI is InChI=1S/C14H19N3O2/c1-10(2)8-17-9-11(7-13(17)18)14(19)16-12-3-5-15-6-4-12/h3-6,10-11H,7-9H2,1-2H3,(H,15,16,19). The van der Waals surface area contributed by atoms with Crippen LogP contribution in [-0.2, 0) is 9.59 Å².